The van der Waals surface area contributed by atoms with Crippen molar-refractivity contribution in [1.82, 2.24) is 10.5 Å². The second-order valence-electron chi connectivity index (χ2n) is 6.33. The summed E-state index contributed by atoms with van der Waals surface area (Å²) in [5.41, 5.74) is 2.69. The van der Waals surface area contributed by atoms with Crippen LogP contribution in [-0.4, -0.2) is 23.4 Å². The van der Waals surface area contributed by atoms with E-state index in [1.54, 1.807) is 0 Å². The van der Waals surface area contributed by atoms with Gasteiger partial charge in [-0.3, -0.25) is 9.80 Å². The van der Waals surface area contributed by atoms with E-state index in [-0.39, 0.29) is 18.2 Å². The van der Waals surface area contributed by atoms with Crippen LogP contribution in [0.3, 0.4) is 0 Å². The number of carbonyl (C=O) groups excluding carboxylic acids is 1. The van der Waals surface area contributed by atoms with Crippen LogP contribution in [0, 0.1) is 0 Å². The van der Waals surface area contributed by atoms with Crippen molar-refractivity contribution < 1.29 is 14.1 Å². The summed E-state index contributed by atoms with van der Waals surface area (Å²) >= 11 is 0. The maximum atomic E-state index is 12.7. The minimum absolute atomic E-state index is 0.236. The number of hydrazone groups is 1. The molecule has 1 aromatic heterocycles. The number of amides is 1. The molecule has 2 aliphatic rings. The van der Waals surface area contributed by atoms with Gasteiger partial charge in [0.25, 0.3) is 5.91 Å². The molecule has 0 saturated carbocycles. The van der Waals surface area contributed by atoms with Crippen molar-refractivity contribution in [1.29, 1.82) is 0 Å². The zero-order valence-corrected chi connectivity index (χ0v) is 14.4. The quantitative estimate of drug-likeness (QED) is 0.759. The Hall–Kier alpha value is -3.61. The summed E-state index contributed by atoms with van der Waals surface area (Å²) in [6, 6.07) is 17.4. The van der Waals surface area contributed by atoms with E-state index in [2.05, 4.69) is 15.6 Å². The molecule has 1 amide bonds. The number of nitrogens with one attached hydrogen (secondary N) is 1. The number of para-hydroxylation sites is 2. The zero-order valence-electron chi connectivity index (χ0n) is 14.4. The Morgan fingerprint density at radius 3 is 2.78 bits per heavy atom. The average molecular weight is 360 g/mol. The molecule has 0 unspecified atom stereocenters. The third-order valence-corrected chi connectivity index (χ3v) is 4.62. The maximum Gasteiger partial charge on any atom is 0.279 e. The third kappa shape index (κ3) is 2.73. The minimum atomic E-state index is -0.336. The highest BCUT2D eigenvalue weighted by molar-refractivity contribution is 6.07. The first-order valence-corrected chi connectivity index (χ1v) is 8.72. The predicted molar refractivity (Wildman–Crippen MR) is 99.6 cm³/mol. The lowest BCUT2D eigenvalue weighted by Gasteiger charge is -2.15. The van der Waals surface area contributed by atoms with E-state index >= 15 is 0 Å². The molecule has 7 heteroatoms. The van der Waals surface area contributed by atoms with Gasteiger partial charge in [-0.1, -0.05) is 35.5 Å². The SMILES string of the molecule is O=C(NC1=NN(c2ccccc2)CC1)c1noc2c1COc1ccccc1-2. The molecule has 0 fully saturated rings. The number of nitrogens with zero attached hydrogens (tertiary/aromatic N) is 3. The lowest BCUT2D eigenvalue weighted by Crippen LogP contribution is -2.30. The highest BCUT2D eigenvalue weighted by Crippen LogP contribution is 2.38. The van der Waals surface area contributed by atoms with E-state index in [1.165, 1.54) is 0 Å². The van der Waals surface area contributed by atoms with E-state index in [0.29, 0.717) is 30.1 Å². The Labute approximate surface area is 155 Å². The van der Waals surface area contributed by atoms with E-state index in [9.17, 15) is 4.79 Å². The smallest absolute Gasteiger partial charge is 0.279 e. The highest BCUT2D eigenvalue weighted by Gasteiger charge is 2.29. The molecule has 0 radical (unpaired) electrons. The van der Waals surface area contributed by atoms with E-state index in [1.807, 2.05) is 59.6 Å². The number of benzene rings is 2. The molecule has 27 heavy (non-hydrogen) atoms. The Balaban J connectivity index is 1.37. The van der Waals surface area contributed by atoms with Gasteiger partial charge in [0.15, 0.2) is 11.5 Å². The van der Waals surface area contributed by atoms with Crippen molar-refractivity contribution in [3.63, 3.8) is 0 Å². The van der Waals surface area contributed by atoms with Gasteiger partial charge in [-0.05, 0) is 24.3 Å². The molecule has 3 heterocycles. The Morgan fingerprint density at radius 2 is 1.89 bits per heavy atom. The number of carbonyl (C=O) groups is 1. The number of aromatic nitrogens is 1. The van der Waals surface area contributed by atoms with Crippen LogP contribution < -0.4 is 15.1 Å². The molecule has 2 aliphatic heterocycles. The molecule has 0 saturated heterocycles. The van der Waals surface area contributed by atoms with Crippen LogP contribution in [0.15, 0.2) is 64.2 Å². The van der Waals surface area contributed by atoms with Crippen LogP contribution in [0.25, 0.3) is 11.3 Å². The van der Waals surface area contributed by atoms with E-state index < -0.39 is 0 Å². The van der Waals surface area contributed by atoms with Crippen LogP contribution in [0.5, 0.6) is 5.75 Å². The molecule has 134 valence electrons. The summed E-state index contributed by atoms with van der Waals surface area (Å²) in [4.78, 5) is 12.7. The van der Waals surface area contributed by atoms with E-state index in [0.717, 1.165) is 17.0 Å². The van der Waals surface area contributed by atoms with Gasteiger partial charge in [-0.15, -0.1) is 0 Å². The molecule has 3 aromatic rings. The van der Waals surface area contributed by atoms with Crippen LogP contribution in [0.1, 0.15) is 22.5 Å². The summed E-state index contributed by atoms with van der Waals surface area (Å²) in [6.07, 6.45) is 0.653. The molecule has 7 nitrogen and oxygen atoms in total. The monoisotopic (exact) mass is 360 g/mol. The highest BCUT2D eigenvalue weighted by atomic mass is 16.5. The van der Waals surface area contributed by atoms with Gasteiger partial charge in [0, 0.05) is 13.0 Å². The van der Waals surface area contributed by atoms with Crippen molar-refractivity contribution in [3.05, 3.63) is 65.9 Å². The Morgan fingerprint density at radius 1 is 1.07 bits per heavy atom. The number of hydrogen-bond donors (Lipinski definition) is 1. The average Bonchev–Trinajstić information content (AvgIpc) is 3.36. The van der Waals surface area contributed by atoms with Crippen LogP contribution in [-0.2, 0) is 6.61 Å². The number of anilines is 1. The Bertz CT molecular complexity index is 1040. The fourth-order valence-corrected chi connectivity index (χ4v) is 3.29. The second kappa shape index (κ2) is 6.28. The first-order chi connectivity index (χ1) is 13.3. The fourth-order valence-electron chi connectivity index (χ4n) is 3.29. The summed E-state index contributed by atoms with van der Waals surface area (Å²) in [7, 11) is 0. The summed E-state index contributed by atoms with van der Waals surface area (Å²) in [6.45, 7) is 0.967. The summed E-state index contributed by atoms with van der Waals surface area (Å²) < 4.78 is 11.2. The fraction of sp³-hybridized carbons (Fsp3) is 0.150. The van der Waals surface area contributed by atoms with Crippen LogP contribution in [0.4, 0.5) is 5.69 Å². The first-order valence-electron chi connectivity index (χ1n) is 8.72. The molecular formula is C20H16N4O3. The number of fused-ring (bicyclic) bond motifs is 3. The molecule has 1 N–H and O–H groups in total. The molecular weight excluding hydrogens is 344 g/mol. The molecule has 0 bridgehead atoms. The minimum Gasteiger partial charge on any atom is -0.488 e. The van der Waals surface area contributed by atoms with Gasteiger partial charge in [0.05, 0.1) is 16.8 Å². The topological polar surface area (TPSA) is 80.0 Å². The van der Waals surface area contributed by atoms with Gasteiger partial charge in [0.2, 0.25) is 0 Å². The summed E-state index contributed by atoms with van der Waals surface area (Å²) in [5.74, 6) is 1.59. The van der Waals surface area contributed by atoms with Gasteiger partial charge in [0.1, 0.15) is 18.2 Å². The molecule has 0 spiro atoms. The first kappa shape index (κ1) is 15.6. The lowest BCUT2D eigenvalue weighted by atomic mass is 10.0. The Kier molecular flexibility index (Phi) is 3.64. The predicted octanol–water partition coefficient (Wildman–Crippen LogP) is 3.19. The molecule has 0 aliphatic carbocycles. The largest absolute Gasteiger partial charge is 0.488 e. The van der Waals surface area contributed by atoms with Gasteiger partial charge in [-0.25, -0.2) is 0 Å². The molecule has 0 atom stereocenters. The van der Waals surface area contributed by atoms with Crippen LogP contribution >= 0.6 is 0 Å². The molecule has 2 aromatic carbocycles. The van der Waals surface area contributed by atoms with Crippen molar-refractivity contribution in [2.45, 2.75) is 13.0 Å². The lowest BCUT2D eigenvalue weighted by molar-refractivity contribution is 0.0965. The standard InChI is InChI=1S/C20H16N4O3/c25-20(21-17-10-11-24(22-17)13-6-2-1-3-7-13)18-15-12-26-16-9-5-4-8-14(16)19(15)27-23-18/h1-9H,10-12H2,(H,21,22,25). The van der Waals surface area contributed by atoms with Crippen molar-refractivity contribution in [2.24, 2.45) is 5.10 Å². The van der Waals surface area contributed by atoms with Gasteiger partial charge in [-0.2, -0.15) is 5.10 Å². The van der Waals surface area contributed by atoms with Crippen molar-refractivity contribution in [2.75, 3.05) is 11.6 Å². The number of rotatable bonds is 2. The van der Waals surface area contributed by atoms with Gasteiger partial charge < -0.3 is 14.6 Å². The summed E-state index contributed by atoms with van der Waals surface area (Å²) in [5, 5.41) is 13.2. The molecule has 5 rings (SSSR count). The number of amidine groups is 1. The van der Waals surface area contributed by atoms with Crippen molar-refractivity contribution in [3.8, 4) is 17.1 Å². The van der Waals surface area contributed by atoms with Crippen LogP contribution in [0.2, 0.25) is 0 Å². The van der Waals surface area contributed by atoms with Crippen molar-refractivity contribution >= 4 is 17.4 Å². The maximum absolute atomic E-state index is 12.7. The number of ether oxygens (including phenoxy) is 1. The zero-order chi connectivity index (χ0) is 18.2. The van der Waals surface area contributed by atoms with E-state index in [4.69, 9.17) is 9.26 Å². The van der Waals surface area contributed by atoms with Gasteiger partial charge >= 0.3 is 0 Å². The third-order valence-electron chi connectivity index (χ3n) is 4.62. The normalized spacial score (nSPS) is 14.8. The number of hydrogen-bond acceptors (Lipinski definition) is 6. The second-order valence-corrected chi connectivity index (χ2v) is 6.33.